The van der Waals surface area contributed by atoms with Crippen LogP contribution in [0.3, 0.4) is 0 Å². The number of carbonyl (C=O) groups excluding carboxylic acids is 4. The van der Waals surface area contributed by atoms with Crippen LogP contribution in [0.25, 0.3) is 0 Å². The summed E-state index contributed by atoms with van der Waals surface area (Å²) in [4.78, 5) is 59.6. The van der Waals surface area contributed by atoms with Crippen LogP contribution in [-0.2, 0) is 24.0 Å². The van der Waals surface area contributed by atoms with E-state index in [1.54, 1.807) is 13.8 Å². The highest BCUT2D eigenvalue weighted by molar-refractivity contribution is 5.95. The van der Waals surface area contributed by atoms with Gasteiger partial charge in [-0.25, -0.2) is 4.79 Å². The van der Waals surface area contributed by atoms with Gasteiger partial charge in [0.05, 0.1) is 18.6 Å². The van der Waals surface area contributed by atoms with E-state index in [1.165, 1.54) is 13.8 Å². The minimum Gasteiger partial charge on any atom is -0.480 e. The number of amides is 4. The summed E-state index contributed by atoms with van der Waals surface area (Å²) in [6.45, 7) is 5.91. The molecule has 0 aliphatic carbocycles. The Balaban J connectivity index is 5.51. The van der Waals surface area contributed by atoms with E-state index in [9.17, 15) is 34.2 Å². The van der Waals surface area contributed by atoms with Gasteiger partial charge in [-0.1, -0.05) is 20.3 Å². The third kappa shape index (κ3) is 9.27. The van der Waals surface area contributed by atoms with Gasteiger partial charge in [0.1, 0.15) is 24.2 Å². The van der Waals surface area contributed by atoms with Crippen molar-refractivity contribution < 1.29 is 39.3 Å². The number of carboxylic acids is 1. The average Bonchev–Trinajstić information content (AvgIpc) is 2.66. The average molecular weight is 447 g/mol. The third-order valence-corrected chi connectivity index (χ3v) is 4.70. The van der Waals surface area contributed by atoms with Crippen LogP contribution < -0.4 is 27.4 Å². The van der Waals surface area contributed by atoms with Crippen molar-refractivity contribution in [2.75, 3.05) is 0 Å². The van der Waals surface area contributed by atoms with Crippen molar-refractivity contribution in [2.45, 2.75) is 76.9 Å². The lowest BCUT2D eigenvalue weighted by atomic mass is 9.97. The topological polar surface area (TPSA) is 234 Å². The minimum absolute atomic E-state index is 0.413. The molecular weight excluding hydrogens is 414 g/mol. The SMILES string of the molecule is CCC(C)C(NC(=O)C(N)C(C)O)C(=O)NC(C(=O)NC(CC(N)=O)C(=O)O)C(C)O. The highest BCUT2D eigenvalue weighted by Gasteiger charge is 2.35. The molecule has 0 aromatic rings. The second-order valence-corrected chi connectivity index (χ2v) is 7.43. The predicted octanol–water partition coefficient (Wildman–Crippen LogP) is -3.46. The first-order valence-electron chi connectivity index (χ1n) is 9.76. The summed E-state index contributed by atoms with van der Waals surface area (Å²) < 4.78 is 0. The highest BCUT2D eigenvalue weighted by atomic mass is 16.4. The Bertz CT molecular complexity index is 669. The molecule has 13 nitrogen and oxygen atoms in total. The van der Waals surface area contributed by atoms with Crippen LogP contribution in [0.5, 0.6) is 0 Å². The van der Waals surface area contributed by atoms with E-state index in [0.29, 0.717) is 6.42 Å². The molecule has 13 heteroatoms. The lowest BCUT2D eigenvalue weighted by Gasteiger charge is -2.29. The van der Waals surface area contributed by atoms with Crippen molar-refractivity contribution in [1.29, 1.82) is 0 Å². The standard InChI is InChI=1S/C18H33N5O8/c1-5-7(2)13(22-15(27)12(20)8(3)24)16(28)23-14(9(4)25)17(29)21-10(18(30)31)6-11(19)26/h7-10,12-14,24-25H,5-6,20H2,1-4H3,(H2,19,26)(H,21,29)(H,22,27)(H,23,28)(H,30,31). The van der Waals surface area contributed by atoms with Crippen molar-refractivity contribution in [2.24, 2.45) is 17.4 Å². The summed E-state index contributed by atoms with van der Waals surface area (Å²) in [5, 5.41) is 35.2. The van der Waals surface area contributed by atoms with Gasteiger partial charge in [0.15, 0.2) is 0 Å². The van der Waals surface area contributed by atoms with E-state index in [2.05, 4.69) is 10.6 Å². The van der Waals surface area contributed by atoms with E-state index in [-0.39, 0.29) is 0 Å². The molecule has 4 amide bonds. The number of nitrogens with one attached hydrogen (secondary N) is 3. The van der Waals surface area contributed by atoms with Crippen molar-refractivity contribution in [1.82, 2.24) is 16.0 Å². The first-order valence-corrected chi connectivity index (χ1v) is 9.76. The summed E-state index contributed by atoms with van der Waals surface area (Å²) in [6.07, 6.45) is -2.85. The van der Waals surface area contributed by atoms with Crippen LogP contribution >= 0.6 is 0 Å². The number of carboxylic acid groups (broad SMARTS) is 1. The summed E-state index contributed by atoms with van der Waals surface area (Å²) >= 11 is 0. The monoisotopic (exact) mass is 447 g/mol. The van der Waals surface area contributed by atoms with E-state index in [4.69, 9.17) is 16.6 Å². The minimum atomic E-state index is -1.66. The molecule has 0 radical (unpaired) electrons. The van der Waals surface area contributed by atoms with E-state index < -0.39 is 78.3 Å². The molecule has 7 unspecified atom stereocenters. The van der Waals surface area contributed by atoms with Gasteiger partial charge in [-0.15, -0.1) is 0 Å². The van der Waals surface area contributed by atoms with Gasteiger partial charge in [-0.2, -0.15) is 0 Å². The molecular formula is C18H33N5O8. The summed E-state index contributed by atoms with van der Waals surface area (Å²) in [5.74, 6) is -5.60. The number of carbonyl (C=O) groups is 5. The maximum atomic E-state index is 12.8. The molecule has 0 saturated carbocycles. The molecule has 0 bridgehead atoms. The number of nitrogens with two attached hydrogens (primary N) is 2. The largest absolute Gasteiger partial charge is 0.480 e. The van der Waals surface area contributed by atoms with Gasteiger partial charge in [0.2, 0.25) is 23.6 Å². The normalized spacial score (nSPS) is 17.8. The van der Waals surface area contributed by atoms with Gasteiger partial charge in [-0.3, -0.25) is 19.2 Å². The second kappa shape index (κ2) is 12.8. The number of hydrogen-bond acceptors (Lipinski definition) is 8. The van der Waals surface area contributed by atoms with Crippen LogP contribution in [0, 0.1) is 5.92 Å². The Morgan fingerprint density at radius 2 is 1.32 bits per heavy atom. The number of aliphatic hydroxyl groups is 2. The number of aliphatic hydroxyl groups excluding tert-OH is 2. The first kappa shape index (κ1) is 28.2. The number of aliphatic carboxylic acids is 1. The smallest absolute Gasteiger partial charge is 0.326 e. The lowest BCUT2D eigenvalue weighted by molar-refractivity contribution is -0.144. The Hall–Kier alpha value is -2.77. The van der Waals surface area contributed by atoms with E-state index in [1.807, 2.05) is 5.32 Å². The quantitative estimate of drug-likeness (QED) is 0.140. The van der Waals surface area contributed by atoms with Crippen LogP contribution in [0.2, 0.25) is 0 Å². The molecule has 178 valence electrons. The molecule has 0 aliphatic heterocycles. The Labute approximate surface area is 179 Å². The van der Waals surface area contributed by atoms with Crippen molar-refractivity contribution in [3.63, 3.8) is 0 Å². The Morgan fingerprint density at radius 1 is 0.839 bits per heavy atom. The van der Waals surface area contributed by atoms with Crippen LogP contribution in [0.4, 0.5) is 0 Å². The fourth-order valence-corrected chi connectivity index (χ4v) is 2.48. The fraction of sp³-hybridized carbons (Fsp3) is 0.722. The first-order chi connectivity index (χ1) is 14.2. The maximum absolute atomic E-state index is 12.8. The molecule has 0 aromatic carbocycles. The van der Waals surface area contributed by atoms with Crippen molar-refractivity contribution in [3.8, 4) is 0 Å². The van der Waals surface area contributed by atoms with Gasteiger partial charge < -0.3 is 42.7 Å². The molecule has 7 atom stereocenters. The molecule has 0 rings (SSSR count). The van der Waals surface area contributed by atoms with Crippen LogP contribution in [-0.4, -0.2) is 81.3 Å². The number of primary amides is 1. The van der Waals surface area contributed by atoms with Crippen LogP contribution in [0.15, 0.2) is 0 Å². The van der Waals surface area contributed by atoms with Crippen LogP contribution in [0.1, 0.15) is 40.5 Å². The predicted molar refractivity (Wildman–Crippen MR) is 108 cm³/mol. The zero-order valence-corrected chi connectivity index (χ0v) is 18.0. The molecule has 10 N–H and O–H groups in total. The number of rotatable bonds is 13. The van der Waals surface area contributed by atoms with Gasteiger partial charge in [0, 0.05) is 0 Å². The Morgan fingerprint density at radius 3 is 1.71 bits per heavy atom. The molecule has 0 aromatic heterocycles. The molecule has 0 heterocycles. The summed E-state index contributed by atoms with van der Waals surface area (Å²) in [5.41, 5.74) is 10.5. The molecule has 0 aliphatic rings. The molecule has 0 spiro atoms. The van der Waals surface area contributed by atoms with Gasteiger partial charge >= 0.3 is 5.97 Å². The van der Waals surface area contributed by atoms with Gasteiger partial charge in [0.25, 0.3) is 0 Å². The molecule has 0 saturated heterocycles. The maximum Gasteiger partial charge on any atom is 0.326 e. The van der Waals surface area contributed by atoms with E-state index >= 15 is 0 Å². The Kier molecular flexibility index (Phi) is 11.7. The van der Waals surface area contributed by atoms with Crippen molar-refractivity contribution >= 4 is 29.6 Å². The number of hydrogen-bond donors (Lipinski definition) is 8. The molecule has 31 heavy (non-hydrogen) atoms. The summed E-state index contributed by atoms with van der Waals surface area (Å²) in [7, 11) is 0. The lowest BCUT2D eigenvalue weighted by Crippen LogP contribution is -2.61. The zero-order valence-electron chi connectivity index (χ0n) is 18.0. The third-order valence-electron chi connectivity index (χ3n) is 4.70. The highest BCUT2D eigenvalue weighted by Crippen LogP contribution is 2.10. The zero-order chi connectivity index (χ0) is 24.5. The summed E-state index contributed by atoms with van der Waals surface area (Å²) in [6, 6.07) is -5.69. The van der Waals surface area contributed by atoms with Gasteiger partial charge in [-0.05, 0) is 19.8 Å². The fourth-order valence-electron chi connectivity index (χ4n) is 2.48. The second-order valence-electron chi connectivity index (χ2n) is 7.43. The van der Waals surface area contributed by atoms with Crippen molar-refractivity contribution in [3.05, 3.63) is 0 Å². The van der Waals surface area contributed by atoms with E-state index in [0.717, 1.165) is 0 Å². The molecule has 0 fully saturated rings.